The van der Waals surface area contributed by atoms with Crippen molar-refractivity contribution in [3.05, 3.63) is 56.8 Å². The lowest BCUT2D eigenvalue weighted by molar-refractivity contribution is 0.505. The molecule has 0 radical (unpaired) electrons. The van der Waals surface area contributed by atoms with Crippen LogP contribution in [0.15, 0.2) is 24.3 Å². The number of thiophene rings is 1. The summed E-state index contributed by atoms with van der Waals surface area (Å²) in [5.41, 5.74) is 2.06. The van der Waals surface area contributed by atoms with E-state index in [-0.39, 0.29) is 6.04 Å². The Balaban J connectivity index is 2.21. The normalized spacial score (nSPS) is 12.7. The first-order chi connectivity index (χ1) is 9.01. The van der Waals surface area contributed by atoms with Crippen LogP contribution in [0.3, 0.4) is 0 Å². The summed E-state index contributed by atoms with van der Waals surface area (Å²) in [6, 6.07) is 6.37. The van der Waals surface area contributed by atoms with E-state index in [0.29, 0.717) is 6.42 Å². The quantitative estimate of drug-likeness (QED) is 0.888. The zero-order chi connectivity index (χ0) is 14.0. The van der Waals surface area contributed by atoms with Gasteiger partial charge in [-0.3, -0.25) is 0 Å². The third-order valence-corrected chi connectivity index (χ3v) is 4.57. The third kappa shape index (κ3) is 3.19. The summed E-state index contributed by atoms with van der Waals surface area (Å²) < 4.78 is 26.1. The van der Waals surface area contributed by atoms with Crippen LogP contribution in [0, 0.1) is 25.5 Å². The molecule has 1 nitrogen and oxygen atoms in total. The van der Waals surface area contributed by atoms with Crippen molar-refractivity contribution >= 4 is 11.3 Å². The van der Waals surface area contributed by atoms with Crippen LogP contribution in [-0.2, 0) is 6.42 Å². The highest BCUT2D eigenvalue weighted by molar-refractivity contribution is 7.12. The average Bonchev–Trinajstić information content (AvgIpc) is 2.71. The van der Waals surface area contributed by atoms with E-state index in [9.17, 15) is 8.78 Å². The SMILES string of the molecule is CNC(Cc1ccc(F)c(F)c1)c1cc(C)c(C)s1. The minimum absolute atomic E-state index is 0.127. The molecule has 0 aliphatic rings. The van der Waals surface area contributed by atoms with E-state index in [0.717, 1.165) is 5.56 Å². The molecule has 0 fully saturated rings. The molecule has 2 aromatic rings. The van der Waals surface area contributed by atoms with Gasteiger partial charge in [0.05, 0.1) is 0 Å². The zero-order valence-electron chi connectivity index (χ0n) is 11.3. The molecule has 1 N–H and O–H groups in total. The molecule has 2 rings (SSSR count). The number of benzene rings is 1. The first kappa shape index (κ1) is 14.2. The maximum absolute atomic E-state index is 13.2. The largest absolute Gasteiger partial charge is 0.312 e. The Hall–Kier alpha value is -1.26. The van der Waals surface area contributed by atoms with E-state index in [1.54, 1.807) is 17.4 Å². The number of aryl methyl sites for hydroxylation is 2. The van der Waals surface area contributed by atoms with Gasteiger partial charge in [0.1, 0.15) is 0 Å². The van der Waals surface area contributed by atoms with Gasteiger partial charge in [-0.25, -0.2) is 8.78 Å². The fourth-order valence-corrected chi connectivity index (χ4v) is 3.17. The number of halogens is 2. The highest BCUT2D eigenvalue weighted by Crippen LogP contribution is 2.28. The van der Waals surface area contributed by atoms with Crippen molar-refractivity contribution in [2.24, 2.45) is 0 Å². The molecule has 4 heteroatoms. The molecule has 0 spiro atoms. The molecule has 1 unspecified atom stereocenters. The Morgan fingerprint density at radius 3 is 2.42 bits per heavy atom. The van der Waals surface area contributed by atoms with Crippen LogP contribution in [0.25, 0.3) is 0 Å². The van der Waals surface area contributed by atoms with Crippen LogP contribution in [0.1, 0.15) is 26.9 Å². The van der Waals surface area contributed by atoms with Gasteiger partial charge >= 0.3 is 0 Å². The Morgan fingerprint density at radius 2 is 1.89 bits per heavy atom. The number of nitrogens with one attached hydrogen (secondary N) is 1. The van der Waals surface area contributed by atoms with Crippen LogP contribution in [0.5, 0.6) is 0 Å². The van der Waals surface area contributed by atoms with Crippen LogP contribution in [-0.4, -0.2) is 7.05 Å². The molecule has 1 heterocycles. The van der Waals surface area contributed by atoms with Crippen molar-refractivity contribution in [2.45, 2.75) is 26.3 Å². The maximum atomic E-state index is 13.2. The lowest BCUT2D eigenvalue weighted by Gasteiger charge is -2.14. The minimum Gasteiger partial charge on any atom is -0.312 e. The van der Waals surface area contributed by atoms with E-state index in [2.05, 4.69) is 25.2 Å². The molecule has 19 heavy (non-hydrogen) atoms. The molecular formula is C15H17F2NS. The van der Waals surface area contributed by atoms with Crippen LogP contribution < -0.4 is 5.32 Å². The van der Waals surface area contributed by atoms with Crippen LogP contribution in [0.2, 0.25) is 0 Å². The molecule has 1 aromatic carbocycles. The van der Waals surface area contributed by atoms with E-state index in [1.165, 1.54) is 27.5 Å². The van der Waals surface area contributed by atoms with Gasteiger partial charge in [0.25, 0.3) is 0 Å². The molecule has 1 aromatic heterocycles. The van der Waals surface area contributed by atoms with Crippen molar-refractivity contribution in [3.8, 4) is 0 Å². The summed E-state index contributed by atoms with van der Waals surface area (Å²) >= 11 is 1.74. The van der Waals surface area contributed by atoms with Crippen molar-refractivity contribution in [1.29, 1.82) is 0 Å². The second-order valence-electron chi connectivity index (χ2n) is 4.68. The topological polar surface area (TPSA) is 12.0 Å². The summed E-state index contributed by atoms with van der Waals surface area (Å²) in [5.74, 6) is -1.58. The monoisotopic (exact) mass is 281 g/mol. The van der Waals surface area contributed by atoms with Gasteiger partial charge < -0.3 is 5.32 Å². The standard InChI is InChI=1S/C15H17F2NS/c1-9-6-15(19-10(9)2)14(18-3)8-11-4-5-12(16)13(17)7-11/h4-7,14,18H,8H2,1-3H3. The number of likely N-dealkylation sites (N-methyl/N-ethyl adjacent to an activating group) is 1. The van der Waals surface area contributed by atoms with Crippen molar-refractivity contribution < 1.29 is 8.78 Å². The van der Waals surface area contributed by atoms with Crippen molar-refractivity contribution in [1.82, 2.24) is 5.32 Å². The fraction of sp³-hybridized carbons (Fsp3) is 0.333. The lowest BCUT2D eigenvalue weighted by atomic mass is 10.0. The third-order valence-electron chi connectivity index (χ3n) is 3.30. The molecule has 0 amide bonds. The van der Waals surface area contributed by atoms with Gasteiger partial charge in [-0.1, -0.05) is 6.07 Å². The number of hydrogen-bond acceptors (Lipinski definition) is 2. The van der Waals surface area contributed by atoms with Crippen molar-refractivity contribution in [2.75, 3.05) is 7.05 Å². The summed E-state index contributed by atoms with van der Waals surface area (Å²) in [6.07, 6.45) is 0.646. The predicted octanol–water partition coefficient (Wildman–Crippen LogP) is 4.15. The number of rotatable bonds is 4. The maximum Gasteiger partial charge on any atom is 0.159 e. The smallest absolute Gasteiger partial charge is 0.159 e. The van der Waals surface area contributed by atoms with E-state index < -0.39 is 11.6 Å². The van der Waals surface area contributed by atoms with Gasteiger partial charge in [-0.15, -0.1) is 11.3 Å². The lowest BCUT2D eigenvalue weighted by Crippen LogP contribution is -2.17. The predicted molar refractivity (Wildman–Crippen MR) is 75.7 cm³/mol. The van der Waals surface area contributed by atoms with Gasteiger partial charge in [0.15, 0.2) is 11.6 Å². The number of hydrogen-bond donors (Lipinski definition) is 1. The Labute approximate surface area is 116 Å². The second kappa shape index (κ2) is 5.80. The summed E-state index contributed by atoms with van der Waals surface area (Å²) in [5, 5.41) is 3.24. The van der Waals surface area contributed by atoms with Crippen LogP contribution >= 0.6 is 11.3 Å². The van der Waals surface area contributed by atoms with Gasteiger partial charge in [0.2, 0.25) is 0 Å². The van der Waals surface area contributed by atoms with Gasteiger partial charge in [0, 0.05) is 15.8 Å². The first-order valence-corrected chi connectivity index (χ1v) is 7.01. The highest BCUT2D eigenvalue weighted by Gasteiger charge is 2.14. The Kier molecular flexibility index (Phi) is 4.32. The van der Waals surface area contributed by atoms with E-state index in [1.807, 2.05) is 7.05 Å². The summed E-state index contributed by atoms with van der Waals surface area (Å²) in [6.45, 7) is 4.17. The molecule has 102 valence electrons. The Morgan fingerprint density at radius 1 is 1.16 bits per heavy atom. The molecule has 0 saturated heterocycles. The fourth-order valence-electron chi connectivity index (χ4n) is 2.02. The van der Waals surface area contributed by atoms with E-state index in [4.69, 9.17) is 0 Å². The molecule has 0 aliphatic carbocycles. The molecule has 0 saturated carbocycles. The summed E-state index contributed by atoms with van der Waals surface area (Å²) in [4.78, 5) is 2.52. The van der Waals surface area contributed by atoms with Gasteiger partial charge in [-0.05, 0) is 56.6 Å². The molecule has 0 bridgehead atoms. The van der Waals surface area contributed by atoms with Crippen molar-refractivity contribution in [3.63, 3.8) is 0 Å². The Bertz CT molecular complexity index is 558. The first-order valence-electron chi connectivity index (χ1n) is 6.19. The average molecular weight is 281 g/mol. The molecule has 0 aliphatic heterocycles. The highest BCUT2D eigenvalue weighted by atomic mass is 32.1. The van der Waals surface area contributed by atoms with E-state index >= 15 is 0 Å². The zero-order valence-corrected chi connectivity index (χ0v) is 12.1. The molecular weight excluding hydrogens is 264 g/mol. The van der Waals surface area contributed by atoms with Gasteiger partial charge in [-0.2, -0.15) is 0 Å². The molecule has 1 atom stereocenters. The summed E-state index contributed by atoms with van der Waals surface area (Å²) in [7, 11) is 1.88. The van der Waals surface area contributed by atoms with Crippen LogP contribution in [0.4, 0.5) is 8.78 Å². The second-order valence-corrected chi connectivity index (χ2v) is 5.97. The minimum atomic E-state index is -0.799.